The lowest BCUT2D eigenvalue weighted by Crippen LogP contribution is -2.23. The van der Waals surface area contributed by atoms with E-state index in [0.717, 1.165) is 6.07 Å². The highest BCUT2D eigenvalue weighted by molar-refractivity contribution is 6.32. The minimum absolute atomic E-state index is 0.0893. The van der Waals surface area contributed by atoms with Crippen LogP contribution in [-0.4, -0.2) is 26.7 Å². The van der Waals surface area contributed by atoms with E-state index in [0.29, 0.717) is 5.69 Å². The number of hydrogen-bond acceptors (Lipinski definition) is 7. The molecule has 1 aliphatic rings. The van der Waals surface area contributed by atoms with E-state index in [9.17, 15) is 29.9 Å². The first kappa shape index (κ1) is 17.2. The number of aromatic hydroxyl groups is 2. The van der Waals surface area contributed by atoms with Gasteiger partial charge in [0.15, 0.2) is 5.78 Å². The molecule has 28 heavy (non-hydrogen) atoms. The minimum atomic E-state index is -0.856. The summed E-state index contributed by atoms with van der Waals surface area (Å²) < 4.78 is 0. The highest BCUT2D eigenvalue weighted by Gasteiger charge is 2.40. The first-order chi connectivity index (χ1) is 13.4. The Hall–Kier alpha value is -4.20. The molecule has 0 amide bonds. The van der Waals surface area contributed by atoms with Gasteiger partial charge in [0, 0.05) is 11.3 Å². The van der Waals surface area contributed by atoms with Crippen LogP contribution in [0.5, 0.6) is 11.5 Å². The molecular weight excluding hydrogens is 364 g/mol. The van der Waals surface area contributed by atoms with Crippen LogP contribution < -0.4 is 5.32 Å². The van der Waals surface area contributed by atoms with Crippen LogP contribution in [0.3, 0.4) is 0 Å². The zero-order chi connectivity index (χ0) is 20.0. The molecule has 0 saturated heterocycles. The third-order valence-electron chi connectivity index (χ3n) is 4.49. The molecule has 3 aromatic rings. The second-order valence-corrected chi connectivity index (χ2v) is 6.15. The topological polar surface area (TPSA) is 130 Å². The summed E-state index contributed by atoms with van der Waals surface area (Å²) >= 11 is 0. The van der Waals surface area contributed by atoms with Crippen molar-refractivity contribution in [1.29, 1.82) is 0 Å². The number of rotatable bonds is 3. The van der Waals surface area contributed by atoms with Gasteiger partial charge >= 0.3 is 0 Å². The first-order valence-electron chi connectivity index (χ1n) is 8.18. The number of phenols is 2. The van der Waals surface area contributed by atoms with Crippen LogP contribution in [0, 0.1) is 10.1 Å². The number of nitrogens with zero attached hydrogens (tertiary/aromatic N) is 1. The number of hydrogen-bond donors (Lipinski definition) is 3. The Morgan fingerprint density at radius 1 is 0.821 bits per heavy atom. The normalized spacial score (nSPS) is 12.3. The summed E-state index contributed by atoms with van der Waals surface area (Å²) in [5.41, 5.74) is -1.47. The summed E-state index contributed by atoms with van der Waals surface area (Å²) in [6.07, 6.45) is 0. The number of benzene rings is 3. The van der Waals surface area contributed by atoms with Crippen LogP contribution in [0.15, 0.2) is 54.6 Å². The molecule has 0 bridgehead atoms. The van der Waals surface area contributed by atoms with Gasteiger partial charge in [-0.2, -0.15) is 0 Å². The molecule has 3 aromatic carbocycles. The number of ketones is 2. The Morgan fingerprint density at radius 2 is 1.54 bits per heavy atom. The quantitative estimate of drug-likeness (QED) is 0.283. The first-order valence-corrected chi connectivity index (χ1v) is 8.18. The van der Waals surface area contributed by atoms with Gasteiger partial charge in [-0.3, -0.25) is 19.7 Å². The Labute approximate surface area is 157 Å². The van der Waals surface area contributed by atoms with Crippen LogP contribution >= 0.6 is 0 Å². The molecule has 0 atom stereocenters. The number of fused-ring (bicyclic) bond motifs is 2. The van der Waals surface area contributed by atoms with E-state index < -0.39 is 39.2 Å². The summed E-state index contributed by atoms with van der Waals surface area (Å²) in [5.74, 6) is -2.55. The summed E-state index contributed by atoms with van der Waals surface area (Å²) in [4.78, 5) is 36.7. The standard InChI is InChI=1S/C20H12N2O6/c23-13-8-4-7-11-15(13)20(26)16-12(22(27)28)9-14(24)18(17(16)19(11)25)21-10-5-2-1-3-6-10/h1-9,21,23-24H. The number of carbonyl (C=O) groups is 2. The van der Waals surface area contributed by atoms with Crippen molar-refractivity contribution in [3.63, 3.8) is 0 Å². The molecule has 0 heterocycles. The van der Waals surface area contributed by atoms with E-state index in [2.05, 4.69) is 5.32 Å². The molecule has 138 valence electrons. The second-order valence-electron chi connectivity index (χ2n) is 6.15. The third-order valence-corrected chi connectivity index (χ3v) is 4.49. The molecule has 8 nitrogen and oxygen atoms in total. The fourth-order valence-electron chi connectivity index (χ4n) is 3.28. The van der Waals surface area contributed by atoms with Gasteiger partial charge in [-0.25, -0.2) is 0 Å². The summed E-state index contributed by atoms with van der Waals surface area (Å²) in [7, 11) is 0. The van der Waals surface area contributed by atoms with Crippen molar-refractivity contribution in [3.05, 3.63) is 87.0 Å². The van der Waals surface area contributed by atoms with Gasteiger partial charge in [0.05, 0.1) is 27.8 Å². The van der Waals surface area contributed by atoms with Crippen molar-refractivity contribution in [2.45, 2.75) is 0 Å². The zero-order valence-corrected chi connectivity index (χ0v) is 14.2. The van der Waals surface area contributed by atoms with Crippen LogP contribution in [0.25, 0.3) is 0 Å². The maximum atomic E-state index is 13.1. The predicted molar refractivity (Wildman–Crippen MR) is 99.5 cm³/mol. The molecule has 0 saturated carbocycles. The SMILES string of the molecule is O=C1c2c(O)cccc2C(=O)c2c(Nc3ccccc3)c(O)cc([N+](=O)[O-])c21. The molecule has 0 aliphatic heterocycles. The van der Waals surface area contributed by atoms with E-state index in [1.54, 1.807) is 30.3 Å². The fraction of sp³-hybridized carbons (Fsp3) is 0. The Balaban J connectivity index is 2.04. The van der Waals surface area contributed by atoms with Crippen LogP contribution in [0.4, 0.5) is 17.1 Å². The number of carbonyl (C=O) groups excluding carboxylic acids is 2. The minimum Gasteiger partial charge on any atom is -0.507 e. The lowest BCUT2D eigenvalue weighted by molar-refractivity contribution is -0.385. The molecule has 0 spiro atoms. The maximum absolute atomic E-state index is 13.1. The van der Waals surface area contributed by atoms with E-state index >= 15 is 0 Å². The Morgan fingerprint density at radius 3 is 2.21 bits per heavy atom. The summed E-state index contributed by atoms with van der Waals surface area (Å²) in [6.45, 7) is 0. The van der Waals surface area contributed by atoms with Crippen LogP contribution in [0.1, 0.15) is 31.8 Å². The molecule has 0 aromatic heterocycles. The Kier molecular flexibility index (Phi) is 3.82. The average Bonchev–Trinajstić information content (AvgIpc) is 2.67. The molecule has 0 radical (unpaired) electrons. The monoisotopic (exact) mass is 376 g/mol. The van der Waals surface area contributed by atoms with Gasteiger partial charge in [-0.05, 0) is 18.2 Å². The highest BCUT2D eigenvalue weighted by atomic mass is 16.6. The number of para-hydroxylation sites is 1. The number of anilines is 2. The summed E-state index contributed by atoms with van der Waals surface area (Å²) in [6, 6.07) is 13.3. The molecule has 3 N–H and O–H groups in total. The average molecular weight is 376 g/mol. The van der Waals surface area contributed by atoms with E-state index in [4.69, 9.17) is 0 Å². The van der Waals surface area contributed by atoms with E-state index in [1.165, 1.54) is 18.2 Å². The number of phenolic OH excluding ortho intramolecular Hbond substituents is 2. The molecule has 0 unspecified atom stereocenters. The third kappa shape index (κ3) is 2.47. The summed E-state index contributed by atoms with van der Waals surface area (Å²) in [5, 5.41) is 34.8. The van der Waals surface area contributed by atoms with E-state index in [1.807, 2.05) is 0 Å². The van der Waals surface area contributed by atoms with Gasteiger partial charge in [0.2, 0.25) is 5.78 Å². The van der Waals surface area contributed by atoms with Crippen LogP contribution in [-0.2, 0) is 0 Å². The van der Waals surface area contributed by atoms with E-state index in [-0.39, 0.29) is 22.4 Å². The van der Waals surface area contributed by atoms with Crippen molar-refractivity contribution < 1.29 is 24.7 Å². The second kappa shape index (κ2) is 6.20. The van der Waals surface area contributed by atoms with Gasteiger partial charge in [-0.1, -0.05) is 30.3 Å². The van der Waals surface area contributed by atoms with Crippen molar-refractivity contribution in [2.24, 2.45) is 0 Å². The molecule has 8 heteroatoms. The molecule has 4 rings (SSSR count). The maximum Gasteiger partial charge on any atom is 0.285 e. The largest absolute Gasteiger partial charge is 0.507 e. The molecular formula is C20H12N2O6. The molecule has 0 fully saturated rings. The van der Waals surface area contributed by atoms with Crippen molar-refractivity contribution in [2.75, 3.05) is 5.32 Å². The number of nitro benzene ring substituents is 1. The lowest BCUT2D eigenvalue weighted by Gasteiger charge is -2.22. The van der Waals surface area contributed by atoms with Gasteiger partial charge < -0.3 is 15.5 Å². The lowest BCUT2D eigenvalue weighted by atomic mass is 9.81. The highest BCUT2D eigenvalue weighted by Crippen LogP contribution is 2.44. The van der Waals surface area contributed by atoms with Crippen molar-refractivity contribution in [1.82, 2.24) is 0 Å². The van der Waals surface area contributed by atoms with Crippen molar-refractivity contribution in [3.8, 4) is 11.5 Å². The fourth-order valence-corrected chi connectivity index (χ4v) is 3.28. The zero-order valence-electron chi connectivity index (χ0n) is 14.2. The van der Waals surface area contributed by atoms with Gasteiger partial charge in [0.25, 0.3) is 5.69 Å². The van der Waals surface area contributed by atoms with Gasteiger partial charge in [0.1, 0.15) is 17.1 Å². The Bertz CT molecular complexity index is 1170. The van der Waals surface area contributed by atoms with Gasteiger partial charge in [-0.15, -0.1) is 0 Å². The number of nitrogens with one attached hydrogen (secondary N) is 1. The van der Waals surface area contributed by atoms with Crippen LogP contribution in [0.2, 0.25) is 0 Å². The predicted octanol–water partition coefficient (Wildman–Crippen LogP) is 3.53. The smallest absolute Gasteiger partial charge is 0.285 e. The molecule has 1 aliphatic carbocycles. The van der Waals surface area contributed by atoms with Crippen molar-refractivity contribution >= 4 is 28.6 Å². The number of nitro groups is 1.